The van der Waals surface area contributed by atoms with Gasteiger partial charge in [0.15, 0.2) is 11.4 Å². The van der Waals surface area contributed by atoms with Crippen LogP contribution in [0.2, 0.25) is 0 Å². The van der Waals surface area contributed by atoms with Crippen LogP contribution in [0.1, 0.15) is 0 Å². The summed E-state index contributed by atoms with van der Waals surface area (Å²) in [4.78, 5) is 4.64. The highest BCUT2D eigenvalue weighted by atomic mass is 32.1. The summed E-state index contributed by atoms with van der Waals surface area (Å²) in [5, 5.41) is 6.20. The molecule has 0 amide bonds. The lowest BCUT2D eigenvalue weighted by Gasteiger charge is -2.32. The first-order valence-electron chi connectivity index (χ1n) is 5.11. The van der Waals surface area contributed by atoms with Crippen molar-refractivity contribution in [1.82, 2.24) is 10.1 Å². The molecule has 0 aromatic carbocycles. The SMILES string of the molecule is CN1CCN(c2noc3ccsc23)CC1. The summed E-state index contributed by atoms with van der Waals surface area (Å²) in [5.74, 6) is 1.02. The number of fused-ring (bicyclic) bond motifs is 1. The summed E-state index contributed by atoms with van der Waals surface area (Å²) < 4.78 is 6.45. The molecule has 80 valence electrons. The van der Waals surface area contributed by atoms with E-state index in [2.05, 4.69) is 27.4 Å². The van der Waals surface area contributed by atoms with Crippen molar-refractivity contribution in [3.8, 4) is 0 Å². The van der Waals surface area contributed by atoms with E-state index < -0.39 is 0 Å². The third kappa shape index (κ3) is 1.52. The second-order valence-electron chi connectivity index (χ2n) is 3.91. The molecule has 1 fully saturated rings. The average molecular weight is 223 g/mol. The Labute approximate surface area is 92.1 Å². The van der Waals surface area contributed by atoms with E-state index in [0.29, 0.717) is 0 Å². The minimum absolute atomic E-state index is 0.911. The minimum Gasteiger partial charge on any atom is -0.353 e. The summed E-state index contributed by atoms with van der Waals surface area (Å²) in [6.07, 6.45) is 0. The number of thiophene rings is 1. The van der Waals surface area contributed by atoms with Gasteiger partial charge in [-0.2, -0.15) is 0 Å². The maximum Gasteiger partial charge on any atom is 0.190 e. The molecule has 1 aliphatic heterocycles. The number of nitrogens with zero attached hydrogens (tertiary/aromatic N) is 3. The van der Waals surface area contributed by atoms with Crippen molar-refractivity contribution in [2.45, 2.75) is 0 Å². The molecule has 3 rings (SSSR count). The van der Waals surface area contributed by atoms with Crippen molar-refractivity contribution in [3.63, 3.8) is 0 Å². The normalized spacial score (nSPS) is 18.9. The molecular formula is C10H13N3OS. The summed E-state index contributed by atoms with van der Waals surface area (Å²) >= 11 is 1.70. The van der Waals surface area contributed by atoms with Gasteiger partial charge in [0.1, 0.15) is 4.70 Å². The molecule has 0 unspecified atom stereocenters. The molecule has 0 spiro atoms. The molecule has 0 N–H and O–H groups in total. The molecule has 0 bridgehead atoms. The third-order valence-corrected chi connectivity index (χ3v) is 3.76. The fourth-order valence-electron chi connectivity index (χ4n) is 1.89. The van der Waals surface area contributed by atoms with E-state index >= 15 is 0 Å². The van der Waals surface area contributed by atoms with Gasteiger partial charge in [-0.3, -0.25) is 0 Å². The zero-order valence-corrected chi connectivity index (χ0v) is 9.46. The molecule has 0 atom stereocenters. The molecule has 4 nitrogen and oxygen atoms in total. The molecule has 2 aromatic heterocycles. The van der Waals surface area contributed by atoms with E-state index in [0.717, 1.165) is 37.6 Å². The van der Waals surface area contributed by atoms with Gasteiger partial charge in [0, 0.05) is 26.2 Å². The summed E-state index contributed by atoms with van der Waals surface area (Å²) in [6.45, 7) is 4.27. The Morgan fingerprint density at radius 3 is 2.93 bits per heavy atom. The summed E-state index contributed by atoms with van der Waals surface area (Å²) in [5.41, 5.74) is 0.911. The Morgan fingerprint density at radius 2 is 2.13 bits per heavy atom. The maximum absolute atomic E-state index is 5.27. The standard InChI is InChI=1S/C10H13N3OS/c1-12-3-5-13(6-4-12)10-9-8(14-11-10)2-7-15-9/h2,7H,3-6H2,1H3. The predicted molar refractivity (Wildman–Crippen MR) is 61.6 cm³/mol. The third-order valence-electron chi connectivity index (χ3n) is 2.87. The number of anilines is 1. The molecule has 5 heteroatoms. The van der Waals surface area contributed by atoms with Gasteiger partial charge in [0.25, 0.3) is 0 Å². The maximum atomic E-state index is 5.27. The van der Waals surface area contributed by atoms with Gasteiger partial charge in [-0.15, -0.1) is 11.3 Å². The molecule has 1 saturated heterocycles. The Balaban J connectivity index is 1.91. The smallest absolute Gasteiger partial charge is 0.190 e. The van der Waals surface area contributed by atoms with Gasteiger partial charge in [0.05, 0.1) is 0 Å². The lowest BCUT2D eigenvalue weighted by molar-refractivity contribution is 0.310. The van der Waals surface area contributed by atoms with Crippen molar-refractivity contribution < 1.29 is 4.52 Å². The number of rotatable bonds is 1. The molecule has 0 saturated carbocycles. The number of piperazine rings is 1. The molecular weight excluding hydrogens is 210 g/mol. The molecule has 2 aromatic rings. The highest BCUT2D eigenvalue weighted by Gasteiger charge is 2.20. The predicted octanol–water partition coefficient (Wildman–Crippen LogP) is 1.64. The largest absolute Gasteiger partial charge is 0.353 e. The van der Waals surface area contributed by atoms with Crippen LogP contribution >= 0.6 is 11.3 Å². The van der Waals surface area contributed by atoms with Crippen LogP contribution in [-0.2, 0) is 0 Å². The highest BCUT2D eigenvalue weighted by molar-refractivity contribution is 7.17. The number of likely N-dealkylation sites (N-methyl/N-ethyl adjacent to an activating group) is 1. The minimum atomic E-state index is 0.911. The fourth-order valence-corrected chi connectivity index (χ4v) is 2.71. The molecule has 0 radical (unpaired) electrons. The van der Waals surface area contributed by atoms with Crippen LogP contribution in [0.3, 0.4) is 0 Å². The van der Waals surface area contributed by atoms with Crippen molar-refractivity contribution in [2.24, 2.45) is 0 Å². The van der Waals surface area contributed by atoms with Gasteiger partial charge < -0.3 is 14.3 Å². The van der Waals surface area contributed by atoms with Crippen molar-refractivity contribution >= 4 is 27.4 Å². The number of aromatic nitrogens is 1. The Bertz CT molecular complexity index is 456. The summed E-state index contributed by atoms with van der Waals surface area (Å²) in [7, 11) is 2.15. The molecule has 1 aliphatic rings. The highest BCUT2D eigenvalue weighted by Crippen LogP contribution is 2.31. The molecule has 3 heterocycles. The van der Waals surface area contributed by atoms with Gasteiger partial charge in [0.2, 0.25) is 0 Å². The Kier molecular flexibility index (Phi) is 2.14. The van der Waals surface area contributed by atoms with Crippen LogP contribution < -0.4 is 4.90 Å². The fraction of sp³-hybridized carbons (Fsp3) is 0.500. The van der Waals surface area contributed by atoms with Crippen LogP contribution in [0.15, 0.2) is 16.0 Å². The first kappa shape index (κ1) is 9.18. The van der Waals surface area contributed by atoms with Crippen LogP contribution in [0, 0.1) is 0 Å². The van der Waals surface area contributed by atoms with E-state index in [4.69, 9.17) is 4.52 Å². The monoisotopic (exact) mass is 223 g/mol. The van der Waals surface area contributed by atoms with E-state index in [9.17, 15) is 0 Å². The summed E-state index contributed by atoms with van der Waals surface area (Å²) in [6, 6.07) is 1.98. The van der Waals surface area contributed by atoms with Crippen LogP contribution in [0.25, 0.3) is 10.3 Å². The van der Waals surface area contributed by atoms with Crippen molar-refractivity contribution in [3.05, 3.63) is 11.4 Å². The van der Waals surface area contributed by atoms with Gasteiger partial charge in [-0.1, -0.05) is 5.16 Å². The van der Waals surface area contributed by atoms with E-state index in [1.54, 1.807) is 11.3 Å². The molecule has 0 aliphatic carbocycles. The Hall–Kier alpha value is -1.07. The van der Waals surface area contributed by atoms with Gasteiger partial charge >= 0.3 is 0 Å². The van der Waals surface area contributed by atoms with Crippen molar-refractivity contribution in [1.29, 1.82) is 0 Å². The number of hydrogen-bond acceptors (Lipinski definition) is 5. The first-order chi connectivity index (χ1) is 7.34. The first-order valence-corrected chi connectivity index (χ1v) is 5.99. The Morgan fingerprint density at radius 1 is 1.33 bits per heavy atom. The lowest BCUT2D eigenvalue weighted by atomic mass is 10.3. The second-order valence-corrected chi connectivity index (χ2v) is 4.83. The van der Waals surface area contributed by atoms with E-state index in [1.165, 1.54) is 4.70 Å². The van der Waals surface area contributed by atoms with Gasteiger partial charge in [-0.25, -0.2) is 0 Å². The quantitative estimate of drug-likeness (QED) is 0.735. The number of hydrogen-bond donors (Lipinski definition) is 0. The zero-order chi connectivity index (χ0) is 10.3. The van der Waals surface area contributed by atoms with E-state index in [-0.39, 0.29) is 0 Å². The van der Waals surface area contributed by atoms with Crippen molar-refractivity contribution in [2.75, 3.05) is 38.1 Å². The van der Waals surface area contributed by atoms with Crippen LogP contribution in [0.4, 0.5) is 5.82 Å². The van der Waals surface area contributed by atoms with E-state index in [1.807, 2.05) is 6.07 Å². The topological polar surface area (TPSA) is 32.5 Å². The van der Waals surface area contributed by atoms with Gasteiger partial charge in [-0.05, 0) is 18.5 Å². The van der Waals surface area contributed by atoms with Crippen LogP contribution in [0.5, 0.6) is 0 Å². The average Bonchev–Trinajstić information content (AvgIpc) is 2.80. The zero-order valence-electron chi connectivity index (χ0n) is 8.64. The van der Waals surface area contributed by atoms with Crippen LogP contribution in [-0.4, -0.2) is 43.3 Å². The molecule has 15 heavy (non-hydrogen) atoms. The second kappa shape index (κ2) is 3.50. The lowest BCUT2D eigenvalue weighted by Crippen LogP contribution is -2.44.